The highest BCUT2D eigenvalue weighted by Crippen LogP contribution is 2.28. The minimum Gasteiger partial charge on any atom is -0.357 e. The molecule has 0 bridgehead atoms. The van der Waals surface area contributed by atoms with Gasteiger partial charge in [0.1, 0.15) is 6.04 Å². The molecule has 2 amide bonds. The van der Waals surface area contributed by atoms with Crippen LogP contribution >= 0.6 is 35.0 Å². The van der Waals surface area contributed by atoms with E-state index in [1.165, 1.54) is 11.8 Å². The fourth-order valence-electron chi connectivity index (χ4n) is 3.05. The van der Waals surface area contributed by atoms with Crippen LogP contribution in [0.4, 0.5) is 0 Å². The molecule has 0 heterocycles. The van der Waals surface area contributed by atoms with Crippen molar-refractivity contribution in [2.75, 3.05) is 12.8 Å². The summed E-state index contributed by atoms with van der Waals surface area (Å²) >= 11 is 13.9. The van der Waals surface area contributed by atoms with Crippen molar-refractivity contribution in [1.29, 1.82) is 0 Å². The molecule has 0 saturated carbocycles. The first-order valence-corrected chi connectivity index (χ1v) is 11.4. The minimum atomic E-state index is -0.517. The number of rotatable bonds is 9. The molecule has 2 aromatic rings. The molecule has 2 rings (SSSR count). The molecule has 0 unspecified atom stereocenters. The second kappa shape index (κ2) is 11.5. The molecule has 156 valence electrons. The number of hydrogen-bond acceptors (Lipinski definition) is 3. The molecule has 0 aliphatic heterocycles. The molecule has 1 N–H and O–H groups in total. The fraction of sp³-hybridized carbons (Fsp3) is 0.364. The van der Waals surface area contributed by atoms with Gasteiger partial charge >= 0.3 is 0 Å². The topological polar surface area (TPSA) is 49.4 Å². The van der Waals surface area contributed by atoms with Gasteiger partial charge < -0.3 is 10.2 Å². The summed E-state index contributed by atoms with van der Waals surface area (Å²) in [5, 5.41) is 3.85. The van der Waals surface area contributed by atoms with Gasteiger partial charge in [-0.05, 0) is 42.2 Å². The second-order valence-corrected chi connectivity index (χ2v) is 8.48. The van der Waals surface area contributed by atoms with E-state index in [-0.39, 0.29) is 17.6 Å². The molecule has 0 fully saturated rings. The van der Waals surface area contributed by atoms with Crippen LogP contribution in [0, 0.1) is 6.92 Å². The monoisotopic (exact) mass is 452 g/mol. The maximum atomic E-state index is 13.1. The summed E-state index contributed by atoms with van der Waals surface area (Å²) in [4.78, 5) is 27.2. The van der Waals surface area contributed by atoms with Crippen LogP contribution in [0.15, 0.2) is 42.5 Å². The molecule has 0 aliphatic carbocycles. The summed E-state index contributed by atoms with van der Waals surface area (Å²) < 4.78 is 0. The first-order valence-electron chi connectivity index (χ1n) is 9.45. The van der Waals surface area contributed by atoms with Gasteiger partial charge in [0.15, 0.2) is 0 Å². The first kappa shape index (κ1) is 23.6. The second-order valence-electron chi connectivity index (χ2n) is 6.68. The van der Waals surface area contributed by atoms with Crippen molar-refractivity contribution in [1.82, 2.24) is 10.2 Å². The minimum absolute atomic E-state index is 0.0862. The van der Waals surface area contributed by atoms with Gasteiger partial charge in [-0.3, -0.25) is 9.59 Å². The highest BCUT2D eigenvalue weighted by molar-refractivity contribution is 7.99. The normalized spacial score (nSPS) is 11.8. The van der Waals surface area contributed by atoms with Gasteiger partial charge in [-0.15, -0.1) is 11.8 Å². The predicted octanol–water partition coefficient (Wildman–Crippen LogP) is 5.09. The molecule has 2 aromatic carbocycles. The first-order chi connectivity index (χ1) is 13.9. The van der Waals surface area contributed by atoms with Crippen molar-refractivity contribution in [2.45, 2.75) is 38.6 Å². The third-order valence-corrected chi connectivity index (χ3v) is 6.42. The average Bonchev–Trinajstić information content (AvgIpc) is 2.71. The van der Waals surface area contributed by atoms with Crippen LogP contribution in [-0.2, 0) is 21.9 Å². The number of halogens is 2. The van der Waals surface area contributed by atoms with Crippen molar-refractivity contribution in [3.8, 4) is 0 Å². The molecule has 7 heteroatoms. The Bertz CT molecular complexity index is 840. The Labute approximate surface area is 187 Å². The number of likely N-dealkylation sites (N-methyl/N-ethyl adjacent to an activating group) is 1. The summed E-state index contributed by atoms with van der Waals surface area (Å²) in [6.45, 7) is 4.31. The van der Waals surface area contributed by atoms with E-state index in [1.807, 2.05) is 38.1 Å². The Morgan fingerprint density at radius 1 is 1.10 bits per heavy atom. The van der Waals surface area contributed by atoms with E-state index in [9.17, 15) is 9.59 Å². The zero-order chi connectivity index (χ0) is 21.4. The van der Waals surface area contributed by atoms with E-state index in [0.717, 1.165) is 16.7 Å². The third kappa shape index (κ3) is 6.39. The van der Waals surface area contributed by atoms with Gasteiger partial charge in [0.25, 0.3) is 0 Å². The summed E-state index contributed by atoms with van der Waals surface area (Å²) in [5.41, 5.74) is 2.94. The van der Waals surface area contributed by atoms with E-state index >= 15 is 0 Å². The Morgan fingerprint density at radius 3 is 2.34 bits per heavy atom. The maximum absolute atomic E-state index is 13.1. The smallest absolute Gasteiger partial charge is 0.242 e. The van der Waals surface area contributed by atoms with Crippen LogP contribution in [0.2, 0.25) is 10.0 Å². The number of amides is 2. The van der Waals surface area contributed by atoms with E-state index < -0.39 is 6.04 Å². The Hall–Kier alpha value is -1.69. The van der Waals surface area contributed by atoms with Crippen molar-refractivity contribution in [3.05, 3.63) is 69.2 Å². The lowest BCUT2D eigenvalue weighted by molar-refractivity contribution is -0.139. The summed E-state index contributed by atoms with van der Waals surface area (Å²) in [6, 6.07) is 12.8. The molecule has 0 aromatic heterocycles. The summed E-state index contributed by atoms with van der Waals surface area (Å²) in [6.07, 6.45) is 0.540. The van der Waals surface area contributed by atoms with Crippen molar-refractivity contribution in [2.24, 2.45) is 0 Å². The van der Waals surface area contributed by atoms with Gasteiger partial charge in [0, 0.05) is 29.4 Å². The summed E-state index contributed by atoms with van der Waals surface area (Å²) in [7, 11) is 1.59. The van der Waals surface area contributed by atoms with Gasteiger partial charge in [-0.25, -0.2) is 0 Å². The van der Waals surface area contributed by atoms with E-state index in [2.05, 4.69) is 5.32 Å². The van der Waals surface area contributed by atoms with E-state index in [1.54, 1.807) is 30.1 Å². The molecular formula is C22H26Cl2N2O2S. The largest absolute Gasteiger partial charge is 0.357 e. The number of carbonyl (C=O) groups is 2. The van der Waals surface area contributed by atoms with Crippen molar-refractivity contribution in [3.63, 3.8) is 0 Å². The fourth-order valence-corrected chi connectivity index (χ4v) is 4.70. The standard InChI is InChI=1S/C22H26Cl2N2O2S/c1-4-20(22(28)25-3)26(12-16-9-6-5-8-15(16)2)21(27)14-29-13-17-18(23)10-7-11-19(17)24/h5-11,20H,4,12-14H2,1-3H3,(H,25,28)/t20-/m1/s1. The van der Waals surface area contributed by atoms with E-state index in [4.69, 9.17) is 23.2 Å². The van der Waals surface area contributed by atoms with Gasteiger partial charge in [-0.1, -0.05) is 60.5 Å². The number of hydrogen-bond donors (Lipinski definition) is 1. The van der Waals surface area contributed by atoms with Crippen LogP contribution in [0.25, 0.3) is 0 Å². The van der Waals surface area contributed by atoms with Crippen LogP contribution in [0.1, 0.15) is 30.0 Å². The number of nitrogens with zero attached hydrogens (tertiary/aromatic N) is 1. The van der Waals surface area contributed by atoms with Crippen LogP contribution < -0.4 is 5.32 Å². The molecule has 29 heavy (non-hydrogen) atoms. The molecule has 1 atom stereocenters. The van der Waals surface area contributed by atoms with Crippen LogP contribution in [0.3, 0.4) is 0 Å². The SMILES string of the molecule is CC[C@H](C(=O)NC)N(Cc1ccccc1C)C(=O)CSCc1c(Cl)cccc1Cl. The molecule has 0 saturated heterocycles. The Balaban J connectivity index is 2.15. The zero-order valence-corrected chi connectivity index (χ0v) is 19.2. The highest BCUT2D eigenvalue weighted by atomic mass is 35.5. The summed E-state index contributed by atoms with van der Waals surface area (Å²) in [5.74, 6) is 0.519. The molecule has 0 aliphatic rings. The maximum Gasteiger partial charge on any atom is 0.242 e. The van der Waals surface area contributed by atoms with Crippen LogP contribution in [0.5, 0.6) is 0 Å². The Morgan fingerprint density at radius 2 is 1.76 bits per heavy atom. The number of aryl methyl sites for hydroxylation is 1. The molecular weight excluding hydrogens is 427 g/mol. The number of carbonyl (C=O) groups excluding carboxylic acids is 2. The van der Waals surface area contributed by atoms with Crippen molar-refractivity contribution >= 4 is 46.8 Å². The lowest BCUT2D eigenvalue weighted by Crippen LogP contribution is -2.48. The average molecular weight is 453 g/mol. The number of nitrogens with one attached hydrogen (secondary N) is 1. The third-order valence-electron chi connectivity index (χ3n) is 4.77. The molecule has 0 spiro atoms. The van der Waals surface area contributed by atoms with Gasteiger partial charge in [-0.2, -0.15) is 0 Å². The molecule has 4 nitrogen and oxygen atoms in total. The quantitative estimate of drug-likeness (QED) is 0.576. The lowest BCUT2D eigenvalue weighted by atomic mass is 10.1. The van der Waals surface area contributed by atoms with E-state index in [0.29, 0.717) is 28.8 Å². The number of benzene rings is 2. The number of thioether (sulfide) groups is 1. The zero-order valence-electron chi connectivity index (χ0n) is 16.9. The predicted molar refractivity (Wildman–Crippen MR) is 122 cm³/mol. The highest BCUT2D eigenvalue weighted by Gasteiger charge is 2.28. The van der Waals surface area contributed by atoms with Crippen LogP contribution in [-0.4, -0.2) is 35.6 Å². The molecule has 0 radical (unpaired) electrons. The van der Waals surface area contributed by atoms with Crippen molar-refractivity contribution < 1.29 is 9.59 Å². The van der Waals surface area contributed by atoms with Gasteiger partial charge in [0.05, 0.1) is 5.75 Å². The lowest BCUT2D eigenvalue weighted by Gasteiger charge is -2.30. The van der Waals surface area contributed by atoms with Gasteiger partial charge in [0.2, 0.25) is 11.8 Å². The Kier molecular flexibility index (Phi) is 9.34.